The van der Waals surface area contributed by atoms with Gasteiger partial charge in [-0.3, -0.25) is 10.3 Å². The number of nitriles is 1. The second-order valence-electron chi connectivity index (χ2n) is 2.70. The van der Waals surface area contributed by atoms with Crippen LogP contribution in [0.4, 0.5) is 4.39 Å². The Kier molecular flexibility index (Phi) is 3.35. The van der Waals surface area contributed by atoms with E-state index in [1.54, 1.807) is 6.20 Å². The molecule has 3 nitrogen and oxygen atoms in total. The van der Waals surface area contributed by atoms with Gasteiger partial charge in [0.2, 0.25) is 0 Å². The molecule has 68 valence electrons. The first-order valence-electron chi connectivity index (χ1n) is 3.95. The molecule has 4 heteroatoms. The lowest BCUT2D eigenvalue weighted by molar-refractivity contribution is 0.590. The van der Waals surface area contributed by atoms with Gasteiger partial charge in [0.1, 0.15) is 5.82 Å². The Bertz CT molecular complexity index is 319. The summed E-state index contributed by atoms with van der Waals surface area (Å²) in [4.78, 5) is 3.72. The summed E-state index contributed by atoms with van der Waals surface area (Å²) < 4.78 is 12.7. The van der Waals surface area contributed by atoms with Gasteiger partial charge in [0.05, 0.1) is 18.8 Å². The molecule has 0 fully saturated rings. The van der Waals surface area contributed by atoms with Gasteiger partial charge in [0.25, 0.3) is 0 Å². The molecule has 0 aromatic carbocycles. The molecular formula is C9H10FN3. The van der Waals surface area contributed by atoms with Crippen molar-refractivity contribution >= 4 is 0 Å². The highest BCUT2D eigenvalue weighted by Gasteiger charge is 2.04. The second-order valence-corrected chi connectivity index (χ2v) is 2.70. The average Bonchev–Trinajstić information content (AvgIpc) is 2.14. The summed E-state index contributed by atoms with van der Waals surface area (Å²) in [5.41, 5.74) is 0.746. The normalized spacial score (nSPS) is 12.1. The quantitative estimate of drug-likeness (QED) is 0.713. The van der Waals surface area contributed by atoms with Gasteiger partial charge < -0.3 is 0 Å². The Morgan fingerprint density at radius 3 is 3.08 bits per heavy atom. The number of pyridine rings is 1. The summed E-state index contributed by atoms with van der Waals surface area (Å²) in [7, 11) is 0. The monoisotopic (exact) mass is 179 g/mol. The Morgan fingerprint density at radius 1 is 1.69 bits per heavy atom. The van der Waals surface area contributed by atoms with Crippen LogP contribution < -0.4 is 5.32 Å². The minimum Gasteiger partial charge on any atom is -0.298 e. The van der Waals surface area contributed by atoms with Crippen LogP contribution in [-0.4, -0.2) is 11.5 Å². The topological polar surface area (TPSA) is 48.7 Å². The smallest absolute Gasteiger partial charge is 0.141 e. The lowest BCUT2D eigenvalue weighted by atomic mass is 10.1. The van der Waals surface area contributed by atoms with Crippen LogP contribution in [-0.2, 0) is 0 Å². The number of halogens is 1. The molecule has 0 radical (unpaired) electrons. The Hall–Kier alpha value is -1.47. The highest BCUT2D eigenvalue weighted by atomic mass is 19.1. The van der Waals surface area contributed by atoms with Crippen LogP contribution in [0, 0.1) is 17.1 Å². The molecule has 0 amide bonds. The van der Waals surface area contributed by atoms with Gasteiger partial charge >= 0.3 is 0 Å². The number of hydrogen-bond donors (Lipinski definition) is 1. The van der Waals surface area contributed by atoms with E-state index in [0.29, 0.717) is 0 Å². The molecule has 0 spiro atoms. The third kappa shape index (κ3) is 2.80. The van der Waals surface area contributed by atoms with Crippen molar-refractivity contribution in [1.82, 2.24) is 10.3 Å². The van der Waals surface area contributed by atoms with Gasteiger partial charge in [-0.1, -0.05) is 0 Å². The molecule has 1 unspecified atom stereocenters. The molecule has 1 rings (SSSR count). The van der Waals surface area contributed by atoms with E-state index in [2.05, 4.69) is 10.3 Å². The van der Waals surface area contributed by atoms with Crippen molar-refractivity contribution in [3.63, 3.8) is 0 Å². The summed E-state index contributed by atoms with van der Waals surface area (Å²) in [5.74, 6) is -0.358. The lowest BCUT2D eigenvalue weighted by Gasteiger charge is -2.10. The van der Waals surface area contributed by atoms with Crippen LogP contribution in [0.1, 0.15) is 18.5 Å². The van der Waals surface area contributed by atoms with Crippen LogP contribution in [0.3, 0.4) is 0 Å². The molecule has 0 aliphatic carbocycles. The molecule has 1 atom stereocenters. The molecule has 13 heavy (non-hydrogen) atoms. The van der Waals surface area contributed by atoms with Crippen molar-refractivity contribution in [2.45, 2.75) is 13.0 Å². The van der Waals surface area contributed by atoms with E-state index in [1.807, 2.05) is 13.0 Å². The van der Waals surface area contributed by atoms with Crippen molar-refractivity contribution in [2.75, 3.05) is 6.54 Å². The van der Waals surface area contributed by atoms with Crippen molar-refractivity contribution < 1.29 is 4.39 Å². The third-order valence-corrected chi connectivity index (χ3v) is 1.71. The van der Waals surface area contributed by atoms with Crippen LogP contribution in [0.25, 0.3) is 0 Å². The minimum atomic E-state index is -0.358. The SMILES string of the molecule is CC(NCC#N)c1cncc(F)c1. The number of nitrogens with one attached hydrogen (secondary N) is 1. The maximum absolute atomic E-state index is 12.7. The van der Waals surface area contributed by atoms with E-state index < -0.39 is 0 Å². The first-order chi connectivity index (χ1) is 6.24. The third-order valence-electron chi connectivity index (χ3n) is 1.71. The number of aromatic nitrogens is 1. The minimum absolute atomic E-state index is 0.0529. The van der Waals surface area contributed by atoms with Gasteiger partial charge in [0.15, 0.2) is 0 Å². The van der Waals surface area contributed by atoms with Crippen LogP contribution in [0.2, 0.25) is 0 Å². The lowest BCUT2D eigenvalue weighted by Crippen LogP contribution is -2.18. The Labute approximate surface area is 76.2 Å². The van der Waals surface area contributed by atoms with E-state index in [0.717, 1.165) is 11.8 Å². The number of rotatable bonds is 3. The predicted octanol–water partition coefficient (Wildman–Crippen LogP) is 1.39. The Morgan fingerprint density at radius 2 is 2.46 bits per heavy atom. The molecule has 1 aromatic heterocycles. The second kappa shape index (κ2) is 4.53. The average molecular weight is 179 g/mol. The van der Waals surface area contributed by atoms with Gasteiger partial charge in [-0.05, 0) is 18.6 Å². The maximum Gasteiger partial charge on any atom is 0.141 e. The zero-order valence-corrected chi connectivity index (χ0v) is 7.29. The van der Waals surface area contributed by atoms with Crippen LogP contribution in [0.5, 0.6) is 0 Å². The fourth-order valence-electron chi connectivity index (χ4n) is 0.982. The highest BCUT2D eigenvalue weighted by Crippen LogP contribution is 2.10. The molecular weight excluding hydrogens is 169 g/mol. The van der Waals surface area contributed by atoms with Crippen LogP contribution in [0.15, 0.2) is 18.5 Å². The highest BCUT2D eigenvalue weighted by molar-refractivity contribution is 5.14. The summed E-state index contributed by atoms with van der Waals surface area (Å²) >= 11 is 0. The summed E-state index contributed by atoms with van der Waals surface area (Å²) in [6, 6.07) is 3.31. The summed E-state index contributed by atoms with van der Waals surface area (Å²) in [6.45, 7) is 2.10. The van der Waals surface area contributed by atoms with Crippen LogP contribution >= 0.6 is 0 Å². The van der Waals surface area contributed by atoms with E-state index in [4.69, 9.17) is 5.26 Å². The van der Waals surface area contributed by atoms with Crippen molar-refractivity contribution in [1.29, 1.82) is 5.26 Å². The molecule has 0 aliphatic heterocycles. The molecule has 1 aromatic rings. The van der Waals surface area contributed by atoms with E-state index in [-0.39, 0.29) is 18.4 Å². The zero-order chi connectivity index (χ0) is 9.68. The van der Waals surface area contributed by atoms with Gasteiger partial charge in [-0.15, -0.1) is 0 Å². The van der Waals surface area contributed by atoms with E-state index >= 15 is 0 Å². The molecule has 1 N–H and O–H groups in total. The molecule has 1 heterocycles. The number of nitrogens with zero attached hydrogens (tertiary/aromatic N) is 2. The zero-order valence-electron chi connectivity index (χ0n) is 7.29. The number of hydrogen-bond acceptors (Lipinski definition) is 3. The van der Waals surface area contributed by atoms with Gasteiger partial charge in [-0.25, -0.2) is 4.39 Å². The predicted molar refractivity (Wildman–Crippen MR) is 46.2 cm³/mol. The Balaban J connectivity index is 2.66. The van der Waals surface area contributed by atoms with Gasteiger partial charge in [0, 0.05) is 12.2 Å². The van der Waals surface area contributed by atoms with Crippen molar-refractivity contribution in [2.24, 2.45) is 0 Å². The molecule has 0 saturated carbocycles. The maximum atomic E-state index is 12.7. The first kappa shape index (κ1) is 9.62. The summed E-state index contributed by atoms with van der Waals surface area (Å²) in [6.07, 6.45) is 2.73. The van der Waals surface area contributed by atoms with Crippen molar-refractivity contribution in [3.8, 4) is 6.07 Å². The van der Waals surface area contributed by atoms with Crippen molar-refractivity contribution in [3.05, 3.63) is 29.8 Å². The fraction of sp³-hybridized carbons (Fsp3) is 0.333. The molecule has 0 saturated heterocycles. The first-order valence-corrected chi connectivity index (χ1v) is 3.95. The molecule has 0 bridgehead atoms. The van der Waals surface area contributed by atoms with Gasteiger partial charge in [-0.2, -0.15) is 5.26 Å². The fourth-order valence-corrected chi connectivity index (χ4v) is 0.982. The standard InChI is InChI=1S/C9H10FN3/c1-7(13-3-2-11)8-4-9(10)6-12-5-8/h4-7,13H,3H2,1H3. The summed E-state index contributed by atoms with van der Waals surface area (Å²) in [5, 5.41) is 11.2. The largest absolute Gasteiger partial charge is 0.298 e. The van der Waals surface area contributed by atoms with E-state index in [9.17, 15) is 4.39 Å². The van der Waals surface area contributed by atoms with E-state index in [1.165, 1.54) is 6.07 Å². The molecule has 0 aliphatic rings.